The van der Waals surface area contributed by atoms with Crippen molar-refractivity contribution in [3.63, 3.8) is 0 Å². The maximum atomic E-state index is 16.2. The fourth-order valence-corrected chi connectivity index (χ4v) is 8.12. The average Bonchev–Trinajstić information content (AvgIpc) is 3.63. The van der Waals surface area contributed by atoms with Gasteiger partial charge in [-0.3, -0.25) is 29.2 Å². The molecule has 2 fully saturated rings. The smallest absolute Gasteiger partial charge is 0.326 e. The van der Waals surface area contributed by atoms with Crippen LogP contribution in [0.4, 0.5) is 15.8 Å². The summed E-state index contributed by atoms with van der Waals surface area (Å²) in [6, 6.07) is 27.9. The Morgan fingerprint density at radius 2 is 1.67 bits per heavy atom. The number of amides is 4. The van der Waals surface area contributed by atoms with Crippen molar-refractivity contribution >= 4 is 66.9 Å². The highest BCUT2D eigenvalue weighted by molar-refractivity contribution is 7.92. The molecule has 4 amide bonds. The number of carbonyl (C=O) groups is 4. The highest BCUT2D eigenvalue weighted by atomic mass is 32.2. The van der Waals surface area contributed by atoms with Crippen LogP contribution in [0.2, 0.25) is 0 Å². The van der Waals surface area contributed by atoms with Gasteiger partial charge in [0.15, 0.2) is 5.82 Å². The quantitative estimate of drug-likeness (QED) is 0.169. The number of carbonyl (C=O) groups excluding carboxylic acids is 4. The molecule has 55 heavy (non-hydrogen) atoms. The second-order valence-corrected chi connectivity index (χ2v) is 15.0. The fourth-order valence-electron chi connectivity index (χ4n) is 6.96. The first-order chi connectivity index (χ1) is 26.4. The maximum Gasteiger partial charge on any atom is 0.326 e. The molecule has 1 atom stereocenters. The number of nitrogens with zero attached hydrogens (tertiary/aromatic N) is 3. The minimum atomic E-state index is -4.34. The lowest BCUT2D eigenvalue weighted by Gasteiger charge is -2.21. The highest BCUT2D eigenvalue weighted by Gasteiger charge is 2.38. The Kier molecular flexibility index (Phi) is 9.01. The summed E-state index contributed by atoms with van der Waals surface area (Å²) in [5.41, 5.74) is 4.92. The molecule has 0 spiro atoms. The standard InChI is InChI=1S/C40H33FN6O7S/c1-23-31-19-27(11-14-32(31)47(44-23)33-15-16-35(48)43-40(33)51)26-9-7-24(8-10-26)17-36(49)42-29-12-13-30-28(18-29)20-34(54-22-25-5-3-2-4-6-25)39(38(30)41)46-21-37(50)45-55(46,52)53/h2-14,18-20,33H,15-17,21-22H2,1H3,(H,42,49)(H,45,50)(H,43,48,51). The number of imide groups is 1. The number of hydrogen-bond donors (Lipinski definition) is 3. The Labute approximate surface area is 314 Å². The highest BCUT2D eigenvalue weighted by Crippen LogP contribution is 2.40. The summed E-state index contributed by atoms with van der Waals surface area (Å²) in [5.74, 6) is -2.73. The van der Waals surface area contributed by atoms with E-state index in [1.807, 2.05) is 72.3 Å². The number of ether oxygens (including phenoxy) is 1. The first-order valence-electron chi connectivity index (χ1n) is 17.4. The van der Waals surface area contributed by atoms with Crippen LogP contribution in [-0.4, -0.2) is 48.4 Å². The first kappa shape index (κ1) is 35.4. The number of benzene rings is 5. The molecular formula is C40H33FN6O7S. The minimum Gasteiger partial charge on any atom is -0.487 e. The van der Waals surface area contributed by atoms with Gasteiger partial charge in [-0.15, -0.1) is 0 Å². The van der Waals surface area contributed by atoms with Crippen molar-refractivity contribution in [3.8, 4) is 16.9 Å². The molecule has 13 nitrogen and oxygen atoms in total. The molecule has 15 heteroatoms. The van der Waals surface area contributed by atoms with Crippen molar-refractivity contribution in [1.82, 2.24) is 19.8 Å². The minimum absolute atomic E-state index is 0.00674. The fraction of sp³-hybridized carbons (Fsp3) is 0.175. The number of rotatable bonds is 9. The molecule has 0 bridgehead atoms. The average molecular weight is 761 g/mol. The zero-order valence-electron chi connectivity index (χ0n) is 29.3. The van der Waals surface area contributed by atoms with Gasteiger partial charge in [-0.2, -0.15) is 13.5 Å². The van der Waals surface area contributed by atoms with Crippen molar-refractivity contribution in [2.75, 3.05) is 16.2 Å². The van der Waals surface area contributed by atoms with Crippen molar-refractivity contribution < 1.29 is 36.7 Å². The van der Waals surface area contributed by atoms with Gasteiger partial charge in [-0.05, 0) is 77.4 Å². The Hall–Kier alpha value is -6.61. The molecule has 0 aliphatic carbocycles. The van der Waals surface area contributed by atoms with E-state index in [1.165, 1.54) is 18.2 Å². The van der Waals surface area contributed by atoms with Gasteiger partial charge in [0, 0.05) is 22.9 Å². The number of anilines is 2. The number of fused-ring (bicyclic) bond motifs is 2. The monoisotopic (exact) mass is 760 g/mol. The molecule has 0 radical (unpaired) electrons. The second kappa shape index (κ2) is 14.0. The number of aryl methyl sites for hydroxylation is 1. The summed E-state index contributed by atoms with van der Waals surface area (Å²) in [7, 11) is -4.34. The van der Waals surface area contributed by atoms with E-state index in [0.717, 1.165) is 38.9 Å². The van der Waals surface area contributed by atoms with Crippen LogP contribution >= 0.6 is 0 Å². The normalized spacial score (nSPS) is 16.7. The first-order valence-corrected chi connectivity index (χ1v) is 18.9. The third-order valence-corrected chi connectivity index (χ3v) is 11.0. The summed E-state index contributed by atoms with van der Waals surface area (Å²) in [5, 5.41) is 11.2. The molecule has 3 heterocycles. The molecule has 278 valence electrons. The van der Waals surface area contributed by atoms with Crippen molar-refractivity contribution in [3.05, 3.63) is 120 Å². The lowest BCUT2D eigenvalue weighted by Crippen LogP contribution is -2.42. The number of aromatic nitrogens is 2. The molecule has 1 unspecified atom stereocenters. The molecule has 2 saturated heterocycles. The summed E-state index contributed by atoms with van der Waals surface area (Å²) in [6.07, 6.45) is 0.700. The van der Waals surface area contributed by atoms with Crippen LogP contribution in [0.5, 0.6) is 5.75 Å². The van der Waals surface area contributed by atoms with E-state index in [0.29, 0.717) is 21.8 Å². The largest absolute Gasteiger partial charge is 0.487 e. The zero-order valence-corrected chi connectivity index (χ0v) is 30.2. The molecule has 3 N–H and O–H groups in total. The molecule has 8 rings (SSSR count). The molecular weight excluding hydrogens is 728 g/mol. The molecule has 6 aromatic rings. The number of hydrogen-bond acceptors (Lipinski definition) is 8. The number of piperidine rings is 1. The summed E-state index contributed by atoms with van der Waals surface area (Å²) in [4.78, 5) is 49.4. The van der Waals surface area contributed by atoms with Crippen LogP contribution < -0.4 is 24.4 Å². The number of halogens is 1. The van der Waals surface area contributed by atoms with Crippen molar-refractivity contribution in [2.24, 2.45) is 0 Å². The third-order valence-electron chi connectivity index (χ3n) is 9.65. The second-order valence-electron chi connectivity index (χ2n) is 13.4. The molecule has 2 aliphatic heterocycles. The van der Waals surface area contributed by atoms with Gasteiger partial charge in [0.2, 0.25) is 11.8 Å². The van der Waals surface area contributed by atoms with Crippen LogP contribution in [0.3, 0.4) is 0 Å². The topological polar surface area (TPSA) is 169 Å². The zero-order chi connectivity index (χ0) is 38.4. The number of nitrogens with one attached hydrogen (secondary N) is 3. The van der Waals surface area contributed by atoms with E-state index in [2.05, 4.69) is 15.7 Å². The summed E-state index contributed by atoms with van der Waals surface area (Å²) in [6.45, 7) is 1.28. The molecule has 0 saturated carbocycles. The van der Waals surface area contributed by atoms with Crippen molar-refractivity contribution in [2.45, 2.75) is 38.8 Å². The predicted octanol–water partition coefficient (Wildman–Crippen LogP) is 5.22. The van der Waals surface area contributed by atoms with Crippen LogP contribution in [0.25, 0.3) is 32.8 Å². The van der Waals surface area contributed by atoms with E-state index >= 15 is 4.39 Å². The SMILES string of the molecule is Cc1nn(C2CCC(=O)NC2=O)c2ccc(-c3ccc(CC(=O)Nc4ccc5c(F)c(N6CC(=O)NS6(=O)=O)c(OCc6ccccc6)cc5c4)cc3)cc12. The molecule has 5 aromatic carbocycles. The lowest BCUT2D eigenvalue weighted by atomic mass is 10.0. The van der Waals surface area contributed by atoms with E-state index in [9.17, 15) is 27.6 Å². The van der Waals surface area contributed by atoms with Crippen LogP contribution in [-0.2, 0) is 42.4 Å². The van der Waals surface area contributed by atoms with Gasteiger partial charge in [0.25, 0.3) is 11.8 Å². The van der Waals surface area contributed by atoms with Crippen LogP contribution in [0, 0.1) is 12.7 Å². The van der Waals surface area contributed by atoms with Gasteiger partial charge in [0.1, 0.15) is 30.6 Å². The van der Waals surface area contributed by atoms with Crippen molar-refractivity contribution in [1.29, 1.82) is 0 Å². The van der Waals surface area contributed by atoms with Crippen LogP contribution in [0.1, 0.15) is 35.7 Å². The molecule has 2 aliphatic rings. The summed E-state index contributed by atoms with van der Waals surface area (Å²) >= 11 is 0. The van der Waals surface area contributed by atoms with Gasteiger partial charge in [-0.1, -0.05) is 60.7 Å². The van der Waals surface area contributed by atoms with Gasteiger partial charge in [0.05, 0.1) is 17.6 Å². The van der Waals surface area contributed by atoms with E-state index in [1.54, 1.807) is 22.9 Å². The van der Waals surface area contributed by atoms with Gasteiger partial charge in [-0.25, -0.2) is 13.4 Å². The summed E-state index contributed by atoms with van der Waals surface area (Å²) < 4.78 is 51.8. The van der Waals surface area contributed by atoms with E-state index in [-0.39, 0.29) is 54.0 Å². The lowest BCUT2D eigenvalue weighted by molar-refractivity contribution is -0.136. The van der Waals surface area contributed by atoms with Gasteiger partial charge >= 0.3 is 10.2 Å². The van der Waals surface area contributed by atoms with E-state index in [4.69, 9.17) is 4.74 Å². The Morgan fingerprint density at radius 1 is 0.909 bits per heavy atom. The molecule has 1 aromatic heterocycles. The van der Waals surface area contributed by atoms with Crippen LogP contribution in [0.15, 0.2) is 97.1 Å². The predicted molar refractivity (Wildman–Crippen MR) is 203 cm³/mol. The Bertz CT molecular complexity index is 2660. The van der Waals surface area contributed by atoms with Gasteiger partial charge < -0.3 is 10.1 Å². The Morgan fingerprint density at radius 3 is 2.40 bits per heavy atom. The third kappa shape index (κ3) is 6.97. The Balaban J connectivity index is 0.994. The maximum absolute atomic E-state index is 16.2. The van der Waals surface area contributed by atoms with E-state index < -0.39 is 34.5 Å².